The van der Waals surface area contributed by atoms with Crippen LogP contribution in [0.25, 0.3) is 16.9 Å². The zero-order chi connectivity index (χ0) is 17.9. The van der Waals surface area contributed by atoms with Gasteiger partial charge in [-0.1, -0.05) is 48.5 Å². The van der Waals surface area contributed by atoms with Gasteiger partial charge in [0.2, 0.25) is 0 Å². The van der Waals surface area contributed by atoms with Crippen molar-refractivity contribution >= 4 is 23.1 Å². The lowest BCUT2D eigenvalue weighted by molar-refractivity contribution is 0.102. The molecule has 0 atom stereocenters. The molecule has 1 amide bonds. The fourth-order valence-corrected chi connectivity index (χ4v) is 3.23. The number of nitrogens with one attached hydrogen (secondary N) is 1. The number of nitrogens with zero attached hydrogens (tertiary/aromatic N) is 3. The van der Waals surface area contributed by atoms with Crippen molar-refractivity contribution in [1.82, 2.24) is 14.8 Å². The molecule has 2 aromatic heterocycles. The molecule has 2 heterocycles. The summed E-state index contributed by atoms with van der Waals surface area (Å²) in [5.41, 5.74) is 3.07. The van der Waals surface area contributed by atoms with E-state index in [-0.39, 0.29) is 5.91 Å². The van der Waals surface area contributed by atoms with E-state index in [2.05, 4.69) is 15.4 Å². The Labute approximate surface area is 155 Å². The summed E-state index contributed by atoms with van der Waals surface area (Å²) in [5, 5.41) is 10.2. The van der Waals surface area contributed by atoms with Crippen LogP contribution in [0.15, 0.2) is 72.1 Å². The molecule has 0 aliphatic carbocycles. The largest absolute Gasteiger partial charge is 0.305 e. The minimum atomic E-state index is -0.244. The van der Waals surface area contributed by atoms with Crippen LogP contribution >= 0.6 is 11.3 Å². The number of rotatable bonds is 4. The van der Waals surface area contributed by atoms with Gasteiger partial charge in [-0.25, -0.2) is 9.67 Å². The highest BCUT2D eigenvalue weighted by Gasteiger charge is 2.16. The van der Waals surface area contributed by atoms with Gasteiger partial charge in [0.25, 0.3) is 5.91 Å². The smallest absolute Gasteiger partial charge is 0.276 e. The summed E-state index contributed by atoms with van der Waals surface area (Å²) in [4.78, 5) is 16.8. The van der Waals surface area contributed by atoms with Gasteiger partial charge in [-0.2, -0.15) is 5.10 Å². The van der Waals surface area contributed by atoms with Gasteiger partial charge >= 0.3 is 0 Å². The molecule has 4 rings (SSSR count). The Kier molecular flexibility index (Phi) is 4.33. The first kappa shape index (κ1) is 16.2. The molecule has 0 aliphatic heterocycles. The van der Waals surface area contributed by atoms with Crippen LogP contribution in [0.1, 0.15) is 15.5 Å². The number of aromatic nitrogens is 3. The van der Waals surface area contributed by atoms with Gasteiger partial charge < -0.3 is 5.32 Å². The van der Waals surface area contributed by atoms with Gasteiger partial charge in [0.1, 0.15) is 11.5 Å². The molecule has 6 heteroatoms. The van der Waals surface area contributed by atoms with E-state index in [4.69, 9.17) is 0 Å². The minimum absolute atomic E-state index is 0.244. The van der Waals surface area contributed by atoms with Gasteiger partial charge in [-0.05, 0) is 19.1 Å². The summed E-state index contributed by atoms with van der Waals surface area (Å²) in [6.07, 6.45) is 0. The van der Waals surface area contributed by atoms with E-state index in [9.17, 15) is 4.79 Å². The maximum absolute atomic E-state index is 12.5. The maximum atomic E-state index is 12.5. The highest BCUT2D eigenvalue weighted by Crippen LogP contribution is 2.25. The first-order chi connectivity index (χ1) is 12.7. The van der Waals surface area contributed by atoms with Crippen LogP contribution in [0.2, 0.25) is 0 Å². The van der Waals surface area contributed by atoms with Gasteiger partial charge in [0.15, 0.2) is 0 Å². The quantitative estimate of drug-likeness (QED) is 0.580. The molecule has 0 spiro atoms. The van der Waals surface area contributed by atoms with Crippen LogP contribution in [0, 0.1) is 6.92 Å². The van der Waals surface area contributed by atoms with Crippen LogP contribution in [-0.4, -0.2) is 20.7 Å². The maximum Gasteiger partial charge on any atom is 0.276 e. The lowest BCUT2D eigenvalue weighted by Gasteiger charge is -2.07. The number of benzene rings is 2. The van der Waals surface area contributed by atoms with Crippen LogP contribution in [-0.2, 0) is 0 Å². The minimum Gasteiger partial charge on any atom is -0.305 e. The first-order valence-electron chi connectivity index (χ1n) is 8.15. The molecule has 0 radical (unpaired) electrons. The highest BCUT2D eigenvalue weighted by molar-refractivity contribution is 7.09. The van der Waals surface area contributed by atoms with E-state index in [1.54, 1.807) is 10.1 Å². The number of para-hydroxylation sites is 1. The molecule has 2 aromatic carbocycles. The summed E-state index contributed by atoms with van der Waals surface area (Å²) in [5.74, 6) is 0.358. The van der Waals surface area contributed by atoms with Crippen LogP contribution < -0.4 is 5.32 Å². The van der Waals surface area contributed by atoms with Crippen molar-refractivity contribution in [3.05, 3.63) is 82.8 Å². The predicted octanol–water partition coefficient (Wildman–Crippen LogP) is 4.56. The molecule has 0 fully saturated rings. The Morgan fingerprint density at radius 1 is 1.04 bits per heavy atom. The van der Waals surface area contributed by atoms with Crippen molar-refractivity contribution in [2.45, 2.75) is 6.92 Å². The highest BCUT2D eigenvalue weighted by atomic mass is 32.1. The third-order valence-electron chi connectivity index (χ3n) is 3.87. The van der Waals surface area contributed by atoms with E-state index >= 15 is 0 Å². The van der Waals surface area contributed by atoms with Gasteiger partial charge in [0.05, 0.1) is 16.4 Å². The average molecular weight is 360 g/mol. The molecule has 1 N–H and O–H groups in total. The fraction of sp³-hybridized carbons (Fsp3) is 0.0500. The topological polar surface area (TPSA) is 59.8 Å². The van der Waals surface area contributed by atoms with E-state index < -0.39 is 0 Å². The molecule has 26 heavy (non-hydrogen) atoms. The molecular formula is C20H16N4OS. The number of aryl methyl sites for hydroxylation is 1. The number of hydrogen-bond donors (Lipinski definition) is 1. The second-order valence-electron chi connectivity index (χ2n) is 5.73. The monoisotopic (exact) mass is 360 g/mol. The van der Waals surface area contributed by atoms with Crippen molar-refractivity contribution in [2.24, 2.45) is 0 Å². The van der Waals surface area contributed by atoms with Crippen molar-refractivity contribution in [1.29, 1.82) is 0 Å². The molecule has 0 bridgehead atoms. The SMILES string of the molecule is Cc1nc(C(=O)Nc2cc(-c3ccccc3)nn2-c2ccccc2)cs1. The summed E-state index contributed by atoms with van der Waals surface area (Å²) in [6, 6.07) is 21.5. The number of carbonyl (C=O) groups excluding carboxylic acids is 1. The Morgan fingerprint density at radius 3 is 2.38 bits per heavy atom. The van der Waals surface area contributed by atoms with E-state index in [0.717, 1.165) is 22.0 Å². The van der Waals surface area contributed by atoms with Crippen molar-refractivity contribution in [3.63, 3.8) is 0 Å². The molecule has 128 valence electrons. The standard InChI is InChI=1S/C20H16N4OS/c1-14-21-18(13-26-14)20(25)22-19-12-17(15-8-4-2-5-9-15)23-24(19)16-10-6-3-7-11-16/h2-13H,1H3,(H,22,25). The van der Waals surface area contributed by atoms with Crippen LogP contribution in [0.5, 0.6) is 0 Å². The van der Waals surface area contributed by atoms with E-state index in [1.165, 1.54) is 11.3 Å². The summed E-state index contributed by atoms with van der Waals surface area (Å²) >= 11 is 1.45. The summed E-state index contributed by atoms with van der Waals surface area (Å²) in [7, 11) is 0. The third-order valence-corrected chi connectivity index (χ3v) is 4.65. The van der Waals surface area contributed by atoms with Crippen molar-refractivity contribution in [2.75, 3.05) is 5.32 Å². The molecule has 0 saturated heterocycles. The number of amides is 1. The molecule has 5 nitrogen and oxygen atoms in total. The molecule has 0 unspecified atom stereocenters. The zero-order valence-corrected chi connectivity index (χ0v) is 14.9. The Bertz CT molecular complexity index is 1040. The summed E-state index contributed by atoms with van der Waals surface area (Å²) < 4.78 is 1.74. The second kappa shape index (κ2) is 6.93. The molecule has 4 aromatic rings. The second-order valence-corrected chi connectivity index (χ2v) is 6.80. The van der Waals surface area contributed by atoms with E-state index in [0.29, 0.717) is 11.5 Å². The lowest BCUT2D eigenvalue weighted by atomic mass is 10.1. The van der Waals surface area contributed by atoms with E-state index in [1.807, 2.05) is 73.7 Å². The van der Waals surface area contributed by atoms with Gasteiger partial charge in [-0.3, -0.25) is 4.79 Å². The van der Waals surface area contributed by atoms with Crippen LogP contribution in [0.3, 0.4) is 0 Å². The zero-order valence-electron chi connectivity index (χ0n) is 14.1. The average Bonchev–Trinajstić information content (AvgIpc) is 3.30. The third kappa shape index (κ3) is 3.27. The van der Waals surface area contributed by atoms with Gasteiger partial charge in [-0.15, -0.1) is 11.3 Å². The first-order valence-corrected chi connectivity index (χ1v) is 9.03. The normalized spacial score (nSPS) is 10.7. The number of thiazole rings is 1. The summed E-state index contributed by atoms with van der Waals surface area (Å²) in [6.45, 7) is 1.88. The molecule has 0 aliphatic rings. The molecular weight excluding hydrogens is 344 g/mol. The number of anilines is 1. The van der Waals surface area contributed by atoms with Crippen molar-refractivity contribution in [3.8, 4) is 16.9 Å². The van der Waals surface area contributed by atoms with Crippen molar-refractivity contribution < 1.29 is 4.79 Å². The van der Waals surface area contributed by atoms with Crippen LogP contribution in [0.4, 0.5) is 5.82 Å². The Morgan fingerprint density at radius 2 is 1.73 bits per heavy atom. The Balaban J connectivity index is 1.74. The molecule has 0 saturated carbocycles. The number of hydrogen-bond acceptors (Lipinski definition) is 4. The Hall–Kier alpha value is -3.25. The lowest BCUT2D eigenvalue weighted by Crippen LogP contribution is -2.15. The predicted molar refractivity (Wildman–Crippen MR) is 104 cm³/mol. The fourth-order valence-electron chi connectivity index (χ4n) is 2.63. The number of carbonyl (C=O) groups is 1. The van der Waals surface area contributed by atoms with Gasteiger partial charge in [0, 0.05) is 17.0 Å².